The lowest BCUT2D eigenvalue weighted by atomic mass is 9.92. The van der Waals surface area contributed by atoms with Gasteiger partial charge in [-0.3, -0.25) is 10.1 Å². The van der Waals surface area contributed by atoms with E-state index in [1.165, 1.54) is 13.2 Å². The van der Waals surface area contributed by atoms with Gasteiger partial charge < -0.3 is 9.72 Å². The van der Waals surface area contributed by atoms with E-state index in [4.69, 9.17) is 4.74 Å². The van der Waals surface area contributed by atoms with Gasteiger partial charge in [-0.15, -0.1) is 0 Å². The lowest BCUT2D eigenvalue weighted by Gasteiger charge is -2.13. The number of nitrogens with one attached hydrogen (secondary N) is 1. The molecule has 33 heavy (non-hydrogen) atoms. The maximum Gasteiger partial charge on any atom is 0.337 e. The van der Waals surface area contributed by atoms with Crippen molar-refractivity contribution < 1.29 is 14.5 Å². The first-order valence-electron chi connectivity index (χ1n) is 10.3. The van der Waals surface area contributed by atoms with E-state index in [1.54, 1.807) is 30.5 Å². The van der Waals surface area contributed by atoms with E-state index in [0.717, 1.165) is 44.1 Å². The number of fused-ring (bicyclic) bond motifs is 3. The van der Waals surface area contributed by atoms with Crippen LogP contribution in [0.25, 0.3) is 44.2 Å². The van der Waals surface area contributed by atoms with Crippen molar-refractivity contribution in [2.75, 3.05) is 7.11 Å². The first-order chi connectivity index (χ1) is 16.0. The van der Waals surface area contributed by atoms with Gasteiger partial charge in [-0.2, -0.15) is 0 Å². The lowest BCUT2D eigenvalue weighted by Crippen LogP contribution is -2.00. The summed E-state index contributed by atoms with van der Waals surface area (Å²) >= 11 is 0. The van der Waals surface area contributed by atoms with Gasteiger partial charge in [0.05, 0.1) is 17.6 Å². The second-order valence-corrected chi connectivity index (χ2v) is 7.82. The molecule has 0 spiro atoms. The predicted molar refractivity (Wildman–Crippen MR) is 127 cm³/mol. The van der Waals surface area contributed by atoms with E-state index < -0.39 is 10.9 Å². The summed E-state index contributed by atoms with van der Waals surface area (Å²) in [6.45, 7) is 2.02. The number of nitro benzene ring substituents is 1. The molecule has 0 atom stereocenters. The average molecular weight is 437 g/mol. The van der Waals surface area contributed by atoms with Crippen molar-refractivity contribution in [3.63, 3.8) is 0 Å². The van der Waals surface area contributed by atoms with Crippen LogP contribution in [0.2, 0.25) is 0 Å². The molecule has 5 rings (SSSR count). The third kappa shape index (κ3) is 3.49. The minimum Gasteiger partial charge on any atom is -0.465 e. The first-order valence-corrected chi connectivity index (χ1v) is 10.3. The van der Waals surface area contributed by atoms with Crippen LogP contribution in [0.5, 0.6) is 0 Å². The maximum absolute atomic E-state index is 11.9. The summed E-state index contributed by atoms with van der Waals surface area (Å²) in [6.07, 6.45) is 1.79. The SMILES string of the molecule is COC(=O)c1ccc(-c2cnc3[nH]c4ccc([N+](=O)[O-])cc4c3c2-c2ccc(C)cc2)cc1. The summed E-state index contributed by atoms with van der Waals surface area (Å²) in [4.78, 5) is 30.8. The average Bonchev–Trinajstić information content (AvgIpc) is 3.21. The lowest BCUT2D eigenvalue weighted by molar-refractivity contribution is -0.384. The number of methoxy groups -OCH3 is 1. The molecule has 0 aliphatic rings. The maximum atomic E-state index is 11.9. The topological polar surface area (TPSA) is 98.1 Å². The van der Waals surface area contributed by atoms with Gasteiger partial charge in [0.15, 0.2) is 0 Å². The number of H-pyrrole nitrogens is 1. The molecular formula is C26H19N3O4. The Bertz CT molecular complexity index is 1530. The molecule has 0 radical (unpaired) electrons. The Hall–Kier alpha value is -4.52. The number of esters is 1. The fourth-order valence-corrected chi connectivity index (χ4v) is 4.10. The van der Waals surface area contributed by atoms with Crippen molar-refractivity contribution in [1.82, 2.24) is 9.97 Å². The van der Waals surface area contributed by atoms with Crippen LogP contribution >= 0.6 is 0 Å². The fraction of sp³-hybridized carbons (Fsp3) is 0.0769. The zero-order valence-corrected chi connectivity index (χ0v) is 18.0. The van der Waals surface area contributed by atoms with Crippen LogP contribution in [-0.2, 0) is 4.74 Å². The summed E-state index contributed by atoms with van der Waals surface area (Å²) in [5, 5.41) is 13.0. The Morgan fingerprint density at radius 2 is 1.70 bits per heavy atom. The summed E-state index contributed by atoms with van der Waals surface area (Å²) in [5.41, 5.74) is 6.63. The molecule has 7 nitrogen and oxygen atoms in total. The van der Waals surface area contributed by atoms with Crippen molar-refractivity contribution in [2.24, 2.45) is 0 Å². The van der Waals surface area contributed by atoms with Crippen LogP contribution in [-0.4, -0.2) is 28.0 Å². The smallest absolute Gasteiger partial charge is 0.337 e. The van der Waals surface area contributed by atoms with Gasteiger partial charge in [0, 0.05) is 45.7 Å². The normalized spacial score (nSPS) is 11.1. The number of hydrogen-bond acceptors (Lipinski definition) is 5. The molecule has 2 aromatic heterocycles. The second-order valence-electron chi connectivity index (χ2n) is 7.82. The summed E-state index contributed by atoms with van der Waals surface area (Å²) in [6, 6.07) is 20.0. The quantitative estimate of drug-likeness (QED) is 0.210. The molecule has 0 fully saturated rings. The molecule has 0 saturated carbocycles. The molecule has 2 heterocycles. The largest absolute Gasteiger partial charge is 0.465 e. The highest BCUT2D eigenvalue weighted by Gasteiger charge is 2.19. The van der Waals surface area contributed by atoms with E-state index >= 15 is 0 Å². The molecule has 3 aromatic carbocycles. The molecule has 0 unspecified atom stereocenters. The number of benzene rings is 3. The number of carbonyl (C=O) groups excluding carboxylic acids is 1. The van der Waals surface area contributed by atoms with E-state index in [-0.39, 0.29) is 5.69 Å². The van der Waals surface area contributed by atoms with Crippen LogP contribution < -0.4 is 0 Å². The number of rotatable bonds is 4. The van der Waals surface area contributed by atoms with E-state index in [1.807, 2.05) is 43.3 Å². The Morgan fingerprint density at radius 1 is 1.00 bits per heavy atom. The molecule has 162 valence electrons. The highest BCUT2D eigenvalue weighted by molar-refractivity contribution is 6.16. The van der Waals surface area contributed by atoms with Crippen molar-refractivity contribution in [3.8, 4) is 22.3 Å². The van der Waals surface area contributed by atoms with E-state index in [2.05, 4.69) is 9.97 Å². The molecule has 0 bridgehead atoms. The van der Waals surface area contributed by atoms with Crippen LogP contribution in [0.3, 0.4) is 0 Å². The van der Waals surface area contributed by atoms with Crippen LogP contribution in [0.15, 0.2) is 72.9 Å². The Labute approximate surface area is 188 Å². The van der Waals surface area contributed by atoms with Crippen molar-refractivity contribution >= 4 is 33.6 Å². The molecular weight excluding hydrogens is 418 g/mol. The molecule has 7 heteroatoms. The van der Waals surface area contributed by atoms with Gasteiger partial charge in [-0.05, 0) is 36.2 Å². The van der Waals surface area contributed by atoms with Gasteiger partial charge in [0.25, 0.3) is 5.69 Å². The molecule has 1 N–H and O–H groups in total. The van der Waals surface area contributed by atoms with Crippen molar-refractivity contribution in [2.45, 2.75) is 6.92 Å². The number of aryl methyl sites for hydroxylation is 1. The fourth-order valence-electron chi connectivity index (χ4n) is 4.10. The van der Waals surface area contributed by atoms with Gasteiger partial charge in [0.1, 0.15) is 5.65 Å². The van der Waals surface area contributed by atoms with Gasteiger partial charge in [0.2, 0.25) is 0 Å². The summed E-state index contributed by atoms with van der Waals surface area (Å²) < 4.78 is 4.80. The number of aromatic nitrogens is 2. The first kappa shape index (κ1) is 20.4. The molecule has 0 saturated heterocycles. The number of non-ortho nitro benzene ring substituents is 1. The number of ether oxygens (including phenoxy) is 1. The van der Waals surface area contributed by atoms with Crippen LogP contribution in [0.1, 0.15) is 15.9 Å². The minimum atomic E-state index is -0.405. The highest BCUT2D eigenvalue weighted by Crippen LogP contribution is 2.41. The van der Waals surface area contributed by atoms with E-state index in [0.29, 0.717) is 11.2 Å². The molecule has 0 aliphatic carbocycles. The minimum absolute atomic E-state index is 0.0195. The second kappa shape index (κ2) is 7.87. The van der Waals surface area contributed by atoms with Crippen molar-refractivity contribution in [3.05, 3.63) is 94.2 Å². The van der Waals surface area contributed by atoms with Gasteiger partial charge in [-0.1, -0.05) is 42.0 Å². The summed E-state index contributed by atoms with van der Waals surface area (Å²) in [5.74, 6) is -0.405. The van der Waals surface area contributed by atoms with Gasteiger partial charge >= 0.3 is 5.97 Å². The van der Waals surface area contributed by atoms with Gasteiger partial charge in [-0.25, -0.2) is 9.78 Å². The summed E-state index contributed by atoms with van der Waals surface area (Å²) in [7, 11) is 1.35. The predicted octanol–water partition coefficient (Wildman–Crippen LogP) is 6.05. The Balaban J connectivity index is 1.83. The van der Waals surface area contributed by atoms with Crippen LogP contribution in [0, 0.1) is 17.0 Å². The zero-order chi connectivity index (χ0) is 23.1. The molecule has 0 amide bonds. The third-order valence-electron chi connectivity index (χ3n) is 5.77. The highest BCUT2D eigenvalue weighted by atomic mass is 16.6. The Kier molecular flexibility index (Phi) is 4.86. The standard InChI is InChI=1S/C26H19N3O4/c1-15-3-5-17(6-4-15)23-21(16-7-9-18(10-8-16)26(30)33-2)14-27-25-24(23)20-13-19(29(31)32)11-12-22(20)28-25/h3-14H,1-2H3,(H,27,28). The monoisotopic (exact) mass is 437 g/mol. The van der Waals surface area contributed by atoms with Crippen molar-refractivity contribution in [1.29, 1.82) is 0 Å². The van der Waals surface area contributed by atoms with Crippen LogP contribution in [0.4, 0.5) is 5.69 Å². The number of pyridine rings is 1. The number of carbonyl (C=O) groups is 1. The number of nitrogens with zero attached hydrogens (tertiary/aromatic N) is 2. The number of nitro groups is 1. The number of hydrogen-bond donors (Lipinski definition) is 1. The molecule has 0 aliphatic heterocycles. The third-order valence-corrected chi connectivity index (χ3v) is 5.77. The van der Waals surface area contributed by atoms with E-state index in [9.17, 15) is 14.9 Å². The Morgan fingerprint density at radius 3 is 2.36 bits per heavy atom. The number of aromatic amines is 1. The zero-order valence-electron chi connectivity index (χ0n) is 18.0. The molecule has 5 aromatic rings.